The molecule has 0 aromatic heterocycles. The van der Waals surface area contributed by atoms with Crippen LogP contribution in [-0.2, 0) is 9.53 Å². The monoisotopic (exact) mass is 382 g/mol. The SMILES string of the molecule is CN=C(NC(C)C(C)C(C)C)[C@@H]1CCCN1C(=O)[C@@H](NC(=O)OC)C(C)C. The van der Waals surface area contributed by atoms with Gasteiger partial charge < -0.3 is 20.3 Å². The van der Waals surface area contributed by atoms with Crippen LogP contribution in [0.15, 0.2) is 4.99 Å². The predicted octanol–water partition coefficient (Wildman–Crippen LogP) is 2.66. The second-order valence-electron chi connectivity index (χ2n) is 8.19. The minimum atomic E-state index is -0.608. The molecule has 2 unspecified atom stereocenters. The highest BCUT2D eigenvalue weighted by Gasteiger charge is 2.38. The molecule has 2 amide bonds. The number of nitrogens with zero attached hydrogens (tertiary/aromatic N) is 2. The van der Waals surface area contributed by atoms with E-state index in [1.807, 2.05) is 18.7 Å². The smallest absolute Gasteiger partial charge is 0.407 e. The van der Waals surface area contributed by atoms with Crippen LogP contribution in [0.25, 0.3) is 0 Å². The Morgan fingerprint density at radius 3 is 2.19 bits per heavy atom. The minimum absolute atomic E-state index is 0.0345. The summed E-state index contributed by atoms with van der Waals surface area (Å²) in [4.78, 5) is 31.1. The molecule has 1 fully saturated rings. The topological polar surface area (TPSA) is 83.0 Å². The van der Waals surface area contributed by atoms with E-state index in [2.05, 4.69) is 48.1 Å². The molecule has 2 N–H and O–H groups in total. The zero-order valence-corrected chi connectivity index (χ0v) is 18.2. The molecule has 0 spiro atoms. The van der Waals surface area contributed by atoms with Gasteiger partial charge in [-0.3, -0.25) is 9.79 Å². The lowest BCUT2D eigenvalue weighted by atomic mass is 9.91. The fourth-order valence-corrected chi connectivity index (χ4v) is 3.44. The van der Waals surface area contributed by atoms with Crippen LogP contribution in [0.5, 0.6) is 0 Å². The average Bonchev–Trinajstić information content (AvgIpc) is 3.11. The van der Waals surface area contributed by atoms with Crippen molar-refractivity contribution >= 4 is 17.8 Å². The highest BCUT2D eigenvalue weighted by Crippen LogP contribution is 2.22. The van der Waals surface area contributed by atoms with Crippen LogP contribution < -0.4 is 10.6 Å². The Labute approximate surface area is 164 Å². The Hall–Kier alpha value is -1.79. The summed E-state index contributed by atoms with van der Waals surface area (Å²) in [5.41, 5.74) is 0. The fraction of sp³-hybridized carbons (Fsp3) is 0.850. The van der Waals surface area contributed by atoms with Gasteiger partial charge >= 0.3 is 6.09 Å². The number of rotatable bonds is 7. The zero-order valence-electron chi connectivity index (χ0n) is 18.2. The zero-order chi connectivity index (χ0) is 20.7. The summed E-state index contributed by atoms with van der Waals surface area (Å²) in [6.07, 6.45) is 1.21. The minimum Gasteiger partial charge on any atom is -0.453 e. The second kappa shape index (κ2) is 10.5. The summed E-state index contributed by atoms with van der Waals surface area (Å²) < 4.78 is 4.68. The van der Waals surface area contributed by atoms with Gasteiger partial charge in [0.05, 0.1) is 13.2 Å². The predicted molar refractivity (Wildman–Crippen MR) is 109 cm³/mol. The molecule has 1 heterocycles. The van der Waals surface area contributed by atoms with Crippen LogP contribution in [0.4, 0.5) is 4.79 Å². The molecule has 7 nitrogen and oxygen atoms in total. The average molecular weight is 383 g/mol. The van der Waals surface area contributed by atoms with E-state index in [-0.39, 0.29) is 23.9 Å². The third kappa shape index (κ3) is 6.11. The number of hydrogen-bond donors (Lipinski definition) is 2. The molecular weight excluding hydrogens is 344 g/mol. The van der Waals surface area contributed by atoms with Crippen molar-refractivity contribution in [2.75, 3.05) is 20.7 Å². The summed E-state index contributed by atoms with van der Waals surface area (Å²) in [5.74, 6) is 1.78. The number of aliphatic imine (C=N–C) groups is 1. The normalized spacial score (nSPS) is 21.2. The lowest BCUT2D eigenvalue weighted by Gasteiger charge is -2.33. The van der Waals surface area contributed by atoms with Crippen LogP contribution in [0, 0.1) is 17.8 Å². The summed E-state index contributed by atoms with van der Waals surface area (Å²) >= 11 is 0. The van der Waals surface area contributed by atoms with Gasteiger partial charge in [-0.25, -0.2) is 4.79 Å². The lowest BCUT2D eigenvalue weighted by molar-refractivity contribution is -0.134. The largest absolute Gasteiger partial charge is 0.453 e. The maximum atomic E-state index is 13.2. The Kier molecular flexibility index (Phi) is 9.06. The number of nitrogens with one attached hydrogen (secondary N) is 2. The van der Waals surface area contributed by atoms with Gasteiger partial charge in [-0.15, -0.1) is 0 Å². The molecule has 156 valence electrons. The number of likely N-dealkylation sites (tertiary alicyclic amines) is 1. The van der Waals surface area contributed by atoms with Gasteiger partial charge in [-0.05, 0) is 37.5 Å². The first-order chi connectivity index (χ1) is 12.6. The van der Waals surface area contributed by atoms with E-state index >= 15 is 0 Å². The molecule has 27 heavy (non-hydrogen) atoms. The number of carbonyl (C=O) groups is 2. The lowest BCUT2D eigenvalue weighted by Crippen LogP contribution is -2.56. The maximum Gasteiger partial charge on any atom is 0.407 e. The first-order valence-corrected chi connectivity index (χ1v) is 10.0. The summed E-state index contributed by atoms with van der Waals surface area (Å²) in [5, 5.41) is 6.22. The molecule has 1 saturated heterocycles. The van der Waals surface area contributed by atoms with Crippen molar-refractivity contribution in [3.05, 3.63) is 0 Å². The van der Waals surface area contributed by atoms with E-state index < -0.39 is 12.1 Å². The number of ether oxygens (including phenoxy) is 1. The second-order valence-corrected chi connectivity index (χ2v) is 8.19. The number of carbonyl (C=O) groups excluding carboxylic acids is 2. The van der Waals surface area contributed by atoms with Crippen molar-refractivity contribution in [3.63, 3.8) is 0 Å². The van der Waals surface area contributed by atoms with E-state index in [0.29, 0.717) is 18.4 Å². The van der Waals surface area contributed by atoms with Gasteiger partial charge in [0.2, 0.25) is 5.91 Å². The summed E-state index contributed by atoms with van der Waals surface area (Å²) in [7, 11) is 3.07. The van der Waals surface area contributed by atoms with Crippen molar-refractivity contribution in [1.82, 2.24) is 15.5 Å². The van der Waals surface area contributed by atoms with E-state index in [9.17, 15) is 9.59 Å². The summed E-state index contributed by atoms with van der Waals surface area (Å²) in [6, 6.07) is -0.427. The molecule has 7 heteroatoms. The van der Waals surface area contributed by atoms with E-state index in [1.54, 1.807) is 7.05 Å². The van der Waals surface area contributed by atoms with Crippen LogP contribution >= 0.6 is 0 Å². The molecule has 1 rings (SSSR count). The van der Waals surface area contributed by atoms with Crippen molar-refractivity contribution in [2.45, 2.75) is 72.5 Å². The Morgan fingerprint density at radius 2 is 1.70 bits per heavy atom. The van der Waals surface area contributed by atoms with Crippen molar-refractivity contribution in [1.29, 1.82) is 0 Å². The summed E-state index contributed by atoms with van der Waals surface area (Å²) in [6.45, 7) is 13.3. The Morgan fingerprint density at radius 1 is 1.07 bits per heavy atom. The molecule has 0 aliphatic carbocycles. The van der Waals surface area contributed by atoms with Gasteiger partial charge in [-0.2, -0.15) is 0 Å². The van der Waals surface area contributed by atoms with Crippen LogP contribution in [0.1, 0.15) is 54.4 Å². The molecule has 0 bridgehead atoms. The standard InChI is InChI=1S/C20H38N4O3/c1-12(2)14(5)15(6)22-18(21-7)16-10-9-11-24(16)19(25)17(13(3)4)23-20(26)27-8/h12-17H,9-11H2,1-8H3,(H,21,22)(H,23,26)/t14?,15?,16-,17-/m0/s1. The van der Waals surface area contributed by atoms with Gasteiger partial charge in [0, 0.05) is 19.6 Å². The van der Waals surface area contributed by atoms with Crippen LogP contribution in [0.2, 0.25) is 0 Å². The molecule has 0 aromatic carbocycles. The highest BCUT2D eigenvalue weighted by molar-refractivity contribution is 5.94. The Bertz CT molecular complexity index is 533. The molecule has 4 atom stereocenters. The number of amidine groups is 1. The molecular formula is C20H38N4O3. The number of hydrogen-bond acceptors (Lipinski definition) is 4. The third-order valence-corrected chi connectivity index (χ3v) is 5.70. The number of alkyl carbamates (subject to hydrolysis) is 1. The number of methoxy groups -OCH3 is 1. The maximum absolute atomic E-state index is 13.2. The fourth-order valence-electron chi connectivity index (χ4n) is 3.44. The van der Waals surface area contributed by atoms with Gasteiger partial charge in [-0.1, -0.05) is 34.6 Å². The van der Waals surface area contributed by atoms with Crippen molar-refractivity contribution in [2.24, 2.45) is 22.7 Å². The van der Waals surface area contributed by atoms with Crippen LogP contribution in [-0.4, -0.2) is 61.6 Å². The molecule has 0 aromatic rings. The van der Waals surface area contributed by atoms with E-state index in [0.717, 1.165) is 18.7 Å². The first-order valence-electron chi connectivity index (χ1n) is 10.0. The highest BCUT2D eigenvalue weighted by atomic mass is 16.5. The van der Waals surface area contributed by atoms with E-state index in [4.69, 9.17) is 0 Å². The quantitative estimate of drug-likeness (QED) is 0.524. The van der Waals surface area contributed by atoms with Crippen LogP contribution in [0.3, 0.4) is 0 Å². The van der Waals surface area contributed by atoms with Gasteiger partial charge in [0.15, 0.2) is 0 Å². The van der Waals surface area contributed by atoms with E-state index in [1.165, 1.54) is 7.11 Å². The third-order valence-electron chi connectivity index (χ3n) is 5.70. The van der Waals surface area contributed by atoms with Gasteiger partial charge in [0.1, 0.15) is 11.9 Å². The number of amides is 2. The molecule has 0 saturated carbocycles. The first kappa shape index (κ1) is 23.2. The molecule has 1 aliphatic rings. The molecule has 0 radical (unpaired) electrons. The van der Waals surface area contributed by atoms with Crippen molar-refractivity contribution < 1.29 is 14.3 Å². The van der Waals surface area contributed by atoms with Crippen molar-refractivity contribution in [3.8, 4) is 0 Å². The van der Waals surface area contributed by atoms with Gasteiger partial charge in [0.25, 0.3) is 0 Å². The molecule has 1 aliphatic heterocycles. The Balaban J connectivity index is 2.94.